The van der Waals surface area contributed by atoms with Crippen molar-refractivity contribution in [3.8, 4) is 0 Å². The molecule has 0 spiro atoms. The van der Waals surface area contributed by atoms with Crippen molar-refractivity contribution in [2.75, 3.05) is 39.8 Å². The minimum Gasteiger partial charge on any atom is -0.359 e. The van der Waals surface area contributed by atoms with Crippen LogP contribution in [0.2, 0.25) is 0 Å². The summed E-state index contributed by atoms with van der Waals surface area (Å²) in [4.78, 5) is 68.1. The maximum absolute atomic E-state index is 11.6. The number of nitrogens with one attached hydrogen (secondary N) is 6. The molecule has 422 valence electrons. The largest absolute Gasteiger partial charge is 0.359 e. The molecule has 0 aromatic carbocycles. The van der Waals surface area contributed by atoms with Crippen LogP contribution in [0.1, 0.15) is 269 Å². The SMILES string of the molecule is C.CCC(C)(C)C(=O)NC.CCCCCCNC(=O)C(C)(C)CC.CCCCCNC(=O)C(C)(C)CC.CCCCNC(=O)C(C)(C)CC.CCCNC(=O)C(C)(C)CC.CCNC(=O)C(C)(C)CC. The molecular formula is C58H124N6O6. The third-order valence-corrected chi connectivity index (χ3v) is 13.3. The number of carbonyl (C=O) groups excluding carboxylic acids is 6. The summed E-state index contributed by atoms with van der Waals surface area (Å²) >= 11 is 0. The zero-order valence-electron chi connectivity index (χ0n) is 50.3. The van der Waals surface area contributed by atoms with Crippen molar-refractivity contribution in [3.05, 3.63) is 0 Å². The van der Waals surface area contributed by atoms with E-state index in [1.807, 2.05) is 125 Å². The highest BCUT2D eigenvalue weighted by Crippen LogP contribution is 2.22. The lowest BCUT2D eigenvalue weighted by Crippen LogP contribution is -2.36. The molecule has 0 fully saturated rings. The molecule has 0 aromatic rings. The van der Waals surface area contributed by atoms with Crippen molar-refractivity contribution in [2.45, 2.75) is 269 Å². The molecule has 0 unspecified atom stereocenters. The molecule has 0 aliphatic carbocycles. The second kappa shape index (κ2) is 45.7. The maximum atomic E-state index is 11.6. The molecule has 0 aliphatic rings. The van der Waals surface area contributed by atoms with Gasteiger partial charge in [0.15, 0.2) is 0 Å². The van der Waals surface area contributed by atoms with E-state index in [1.165, 1.54) is 32.1 Å². The van der Waals surface area contributed by atoms with Crippen LogP contribution in [0.25, 0.3) is 0 Å². The molecule has 12 heteroatoms. The predicted molar refractivity (Wildman–Crippen MR) is 305 cm³/mol. The minimum absolute atomic E-state index is 0. The Balaban J connectivity index is -0.000000136. The van der Waals surface area contributed by atoms with Crippen LogP contribution in [0.4, 0.5) is 0 Å². The molecule has 0 atom stereocenters. The molecule has 70 heavy (non-hydrogen) atoms. The lowest BCUT2D eigenvalue weighted by molar-refractivity contribution is -0.130. The monoisotopic (exact) mass is 1000 g/mol. The van der Waals surface area contributed by atoms with E-state index in [0.717, 1.165) is 103 Å². The van der Waals surface area contributed by atoms with E-state index < -0.39 is 0 Å². The van der Waals surface area contributed by atoms with E-state index in [2.05, 4.69) is 66.5 Å². The normalized spacial score (nSPS) is 11.1. The number of hydrogen-bond acceptors (Lipinski definition) is 6. The molecule has 0 saturated carbocycles. The minimum atomic E-state index is -0.204. The van der Waals surface area contributed by atoms with Gasteiger partial charge in [0.2, 0.25) is 35.4 Å². The van der Waals surface area contributed by atoms with Crippen LogP contribution in [0, 0.1) is 32.5 Å². The Bertz CT molecular complexity index is 1320. The van der Waals surface area contributed by atoms with Crippen LogP contribution in [0.5, 0.6) is 0 Å². The smallest absolute Gasteiger partial charge is 0.225 e. The first-order valence-electron chi connectivity index (χ1n) is 27.4. The van der Waals surface area contributed by atoms with Crippen molar-refractivity contribution in [1.82, 2.24) is 31.9 Å². The first-order chi connectivity index (χ1) is 31.8. The van der Waals surface area contributed by atoms with E-state index in [9.17, 15) is 28.8 Å². The summed E-state index contributed by atoms with van der Waals surface area (Å²) in [5, 5.41) is 17.2. The third kappa shape index (κ3) is 43.6. The fraction of sp³-hybridized carbons (Fsp3) is 0.897. The summed E-state index contributed by atoms with van der Waals surface area (Å²) in [5.41, 5.74) is -1.20. The summed E-state index contributed by atoms with van der Waals surface area (Å²) in [7, 11) is 1.67. The Labute approximate surface area is 436 Å². The van der Waals surface area contributed by atoms with Gasteiger partial charge in [-0.1, -0.05) is 198 Å². The molecule has 0 bridgehead atoms. The van der Waals surface area contributed by atoms with Gasteiger partial charge in [-0.15, -0.1) is 0 Å². The zero-order chi connectivity index (χ0) is 55.6. The van der Waals surface area contributed by atoms with Gasteiger partial charge in [-0.25, -0.2) is 0 Å². The third-order valence-electron chi connectivity index (χ3n) is 13.3. The Kier molecular flexibility index (Phi) is 52.8. The van der Waals surface area contributed by atoms with Crippen LogP contribution >= 0.6 is 0 Å². The first-order valence-corrected chi connectivity index (χ1v) is 27.4. The molecule has 0 heterocycles. The van der Waals surface area contributed by atoms with Crippen LogP contribution in [0.3, 0.4) is 0 Å². The highest BCUT2D eigenvalue weighted by atomic mass is 16.2. The predicted octanol–water partition coefficient (Wildman–Crippen LogP) is 13.5. The number of rotatable bonds is 27. The van der Waals surface area contributed by atoms with Gasteiger partial charge < -0.3 is 31.9 Å². The summed E-state index contributed by atoms with van der Waals surface area (Å²) < 4.78 is 0. The van der Waals surface area contributed by atoms with E-state index in [1.54, 1.807) is 7.05 Å². The fourth-order valence-corrected chi connectivity index (χ4v) is 4.61. The average Bonchev–Trinajstić information content (AvgIpc) is 3.32. The van der Waals surface area contributed by atoms with Crippen molar-refractivity contribution >= 4 is 35.4 Å². The second-order valence-corrected chi connectivity index (χ2v) is 22.0. The van der Waals surface area contributed by atoms with Crippen LogP contribution in [-0.4, -0.2) is 75.2 Å². The Hall–Kier alpha value is -3.18. The molecule has 0 aromatic heterocycles. The quantitative estimate of drug-likeness (QED) is 0.0447. The summed E-state index contributed by atoms with van der Waals surface area (Å²) in [6.45, 7) is 50.3. The molecule has 6 N–H and O–H groups in total. The van der Waals surface area contributed by atoms with E-state index in [4.69, 9.17) is 0 Å². The summed E-state index contributed by atoms with van der Waals surface area (Å²) in [6, 6.07) is 0. The van der Waals surface area contributed by atoms with Crippen molar-refractivity contribution < 1.29 is 28.8 Å². The number of carbonyl (C=O) groups is 6. The van der Waals surface area contributed by atoms with Crippen LogP contribution < -0.4 is 31.9 Å². The topological polar surface area (TPSA) is 175 Å². The highest BCUT2D eigenvalue weighted by molar-refractivity contribution is 5.83. The Morgan fingerprint density at radius 2 is 0.514 bits per heavy atom. The molecule has 0 aliphatic heterocycles. The summed E-state index contributed by atoms with van der Waals surface area (Å²) in [5.74, 6) is 0.991. The first kappa shape index (κ1) is 80.9. The second-order valence-electron chi connectivity index (χ2n) is 22.0. The van der Waals surface area contributed by atoms with Crippen molar-refractivity contribution in [1.29, 1.82) is 0 Å². The van der Waals surface area contributed by atoms with Crippen molar-refractivity contribution in [3.63, 3.8) is 0 Å². The van der Waals surface area contributed by atoms with Gasteiger partial charge in [-0.3, -0.25) is 28.8 Å². The molecule has 0 radical (unpaired) electrons. The lowest BCUT2D eigenvalue weighted by Gasteiger charge is -2.21. The fourth-order valence-electron chi connectivity index (χ4n) is 4.61. The number of amides is 6. The molecular weight excluding hydrogens is 877 g/mol. The van der Waals surface area contributed by atoms with Gasteiger partial charge >= 0.3 is 0 Å². The molecule has 0 rings (SSSR count). The standard InChI is InChI=1S/C12H25NO.C11H23NO.C10H21NO.C9H19NO.C8H17NO.C7H15NO.CH4/c1-5-7-8-9-10-13-11(14)12(3,4)6-2;1-5-7-8-9-12-10(13)11(3,4)6-2;1-5-7-8-11-9(12)10(3,4)6-2;1-5-7-10-8(11)9(3,4)6-2;1-5-8(3,4)7(10)9-6-2;1-5-7(2,3)6(9)8-4;/h5-10H2,1-4H3,(H,13,14);5-9H2,1-4H3,(H,12,13);5-8H2,1-4H3,(H,11,12);5-7H2,1-4H3,(H,10,11);5-6H2,1-4H3,(H,9,10);5H2,1-4H3,(H,8,9);1H4. The van der Waals surface area contributed by atoms with Gasteiger partial charge in [0.25, 0.3) is 0 Å². The molecule has 12 nitrogen and oxygen atoms in total. The van der Waals surface area contributed by atoms with Crippen molar-refractivity contribution in [2.24, 2.45) is 32.5 Å². The molecule has 6 amide bonds. The Morgan fingerprint density at radius 1 is 0.286 bits per heavy atom. The van der Waals surface area contributed by atoms with E-state index >= 15 is 0 Å². The lowest BCUT2D eigenvalue weighted by atomic mass is 9.89. The zero-order valence-corrected chi connectivity index (χ0v) is 50.3. The van der Waals surface area contributed by atoms with Gasteiger partial charge in [0, 0.05) is 72.3 Å². The van der Waals surface area contributed by atoms with Crippen LogP contribution in [-0.2, 0) is 28.8 Å². The van der Waals surface area contributed by atoms with Crippen LogP contribution in [0.15, 0.2) is 0 Å². The van der Waals surface area contributed by atoms with Gasteiger partial charge in [0.1, 0.15) is 0 Å². The van der Waals surface area contributed by atoms with Gasteiger partial charge in [0.05, 0.1) is 0 Å². The maximum Gasteiger partial charge on any atom is 0.225 e. The van der Waals surface area contributed by atoms with E-state index in [0.29, 0.717) is 0 Å². The number of unbranched alkanes of at least 4 members (excludes halogenated alkanes) is 6. The van der Waals surface area contributed by atoms with Gasteiger partial charge in [-0.05, 0) is 71.1 Å². The number of hydrogen-bond donors (Lipinski definition) is 6. The van der Waals surface area contributed by atoms with Gasteiger partial charge in [-0.2, -0.15) is 0 Å². The average molecular weight is 1000 g/mol. The highest BCUT2D eigenvalue weighted by Gasteiger charge is 2.27. The summed E-state index contributed by atoms with van der Waals surface area (Å²) in [6.07, 6.45) is 16.9. The molecule has 0 saturated heterocycles. The van der Waals surface area contributed by atoms with E-state index in [-0.39, 0.29) is 75.4 Å². The Morgan fingerprint density at radius 3 is 0.743 bits per heavy atom.